The number of benzene rings is 3. The van der Waals surface area contributed by atoms with Crippen molar-refractivity contribution in [3.63, 3.8) is 0 Å². The monoisotopic (exact) mass is 482 g/mol. The molecule has 156 valence electrons. The summed E-state index contributed by atoms with van der Waals surface area (Å²) >= 11 is 17.7. The quantitative estimate of drug-likeness (QED) is 0.486. The number of hydrogen-bond donors (Lipinski definition) is 2. The molecule has 2 N–H and O–H groups in total. The molecule has 0 bridgehead atoms. The fourth-order valence-corrected chi connectivity index (χ4v) is 4.33. The van der Waals surface area contributed by atoms with Crippen molar-refractivity contribution in [3.05, 3.63) is 93.4 Å². The highest BCUT2D eigenvalue weighted by Gasteiger charge is 2.26. The van der Waals surface area contributed by atoms with Crippen molar-refractivity contribution in [3.8, 4) is 0 Å². The van der Waals surface area contributed by atoms with Gasteiger partial charge in [0.05, 0.1) is 14.9 Å². The maximum absolute atomic E-state index is 12.9. The molecular formula is C21H17Cl3N2O3S. The van der Waals surface area contributed by atoms with E-state index in [1.165, 1.54) is 30.3 Å². The van der Waals surface area contributed by atoms with Crippen molar-refractivity contribution in [1.82, 2.24) is 4.72 Å². The molecule has 0 aliphatic rings. The van der Waals surface area contributed by atoms with E-state index in [0.29, 0.717) is 15.7 Å². The summed E-state index contributed by atoms with van der Waals surface area (Å²) in [7, 11) is -3.97. The third-order valence-electron chi connectivity index (χ3n) is 4.21. The van der Waals surface area contributed by atoms with Crippen molar-refractivity contribution in [2.45, 2.75) is 17.4 Å². The standard InChI is InChI=1S/C21H17Cl3N2O3S/c22-15-6-9-17(10-7-15)30(28,29)26-20(12-14-4-2-1-3-5-14)21(27)25-16-8-11-18(23)19(24)13-16/h1-11,13,20,26H,12H2,(H,25,27)/t20-/m0/s1. The number of carbonyl (C=O) groups is 1. The van der Waals surface area contributed by atoms with Gasteiger partial charge in [0, 0.05) is 10.7 Å². The molecule has 0 radical (unpaired) electrons. The van der Waals surface area contributed by atoms with Gasteiger partial charge in [0.1, 0.15) is 6.04 Å². The average Bonchev–Trinajstić information content (AvgIpc) is 2.71. The van der Waals surface area contributed by atoms with E-state index in [0.717, 1.165) is 5.56 Å². The molecule has 1 atom stereocenters. The van der Waals surface area contributed by atoms with Crippen LogP contribution in [0.5, 0.6) is 0 Å². The second-order valence-corrected chi connectivity index (χ2v) is 9.40. The van der Waals surface area contributed by atoms with Gasteiger partial charge in [-0.05, 0) is 54.4 Å². The highest BCUT2D eigenvalue weighted by Crippen LogP contribution is 2.25. The van der Waals surface area contributed by atoms with E-state index >= 15 is 0 Å². The molecule has 0 aromatic heterocycles. The molecule has 0 aliphatic heterocycles. The highest BCUT2D eigenvalue weighted by molar-refractivity contribution is 7.89. The van der Waals surface area contributed by atoms with Crippen LogP contribution in [0.1, 0.15) is 5.56 Å². The summed E-state index contributed by atoms with van der Waals surface area (Å²) in [5.41, 5.74) is 1.20. The second kappa shape index (κ2) is 9.81. The van der Waals surface area contributed by atoms with Crippen LogP contribution in [0.15, 0.2) is 77.7 Å². The lowest BCUT2D eigenvalue weighted by atomic mass is 10.1. The van der Waals surface area contributed by atoms with E-state index in [9.17, 15) is 13.2 Å². The lowest BCUT2D eigenvalue weighted by molar-refractivity contribution is -0.117. The topological polar surface area (TPSA) is 75.3 Å². The maximum Gasteiger partial charge on any atom is 0.242 e. The van der Waals surface area contributed by atoms with Gasteiger partial charge < -0.3 is 5.32 Å². The molecule has 0 saturated heterocycles. The van der Waals surface area contributed by atoms with Gasteiger partial charge in [0.15, 0.2) is 0 Å². The Kier molecular flexibility index (Phi) is 7.39. The number of amides is 1. The minimum absolute atomic E-state index is 0.00676. The predicted molar refractivity (Wildman–Crippen MR) is 121 cm³/mol. The molecule has 0 fully saturated rings. The molecule has 3 aromatic carbocycles. The predicted octanol–water partition coefficient (Wildman–Crippen LogP) is 5.18. The van der Waals surface area contributed by atoms with E-state index in [4.69, 9.17) is 34.8 Å². The Morgan fingerprint density at radius 2 is 1.53 bits per heavy atom. The Morgan fingerprint density at radius 3 is 2.17 bits per heavy atom. The number of sulfonamides is 1. The van der Waals surface area contributed by atoms with Crippen LogP contribution in [-0.4, -0.2) is 20.4 Å². The summed E-state index contributed by atoms with van der Waals surface area (Å²) < 4.78 is 28.1. The Bertz CT molecular complexity index is 1140. The minimum Gasteiger partial charge on any atom is -0.325 e. The van der Waals surface area contributed by atoms with E-state index < -0.39 is 22.0 Å². The summed E-state index contributed by atoms with van der Waals surface area (Å²) in [5.74, 6) is -0.533. The van der Waals surface area contributed by atoms with Gasteiger partial charge in [-0.25, -0.2) is 8.42 Å². The first kappa shape index (κ1) is 22.6. The van der Waals surface area contributed by atoms with Crippen LogP contribution in [0.2, 0.25) is 15.1 Å². The first-order valence-corrected chi connectivity index (χ1v) is 11.4. The lowest BCUT2D eigenvalue weighted by Gasteiger charge is -2.19. The van der Waals surface area contributed by atoms with Crippen LogP contribution < -0.4 is 10.0 Å². The lowest BCUT2D eigenvalue weighted by Crippen LogP contribution is -2.45. The SMILES string of the molecule is O=C(Nc1ccc(Cl)c(Cl)c1)[C@H](Cc1ccccc1)NS(=O)(=O)c1ccc(Cl)cc1. The van der Waals surface area contributed by atoms with Crippen LogP contribution in [-0.2, 0) is 21.2 Å². The van der Waals surface area contributed by atoms with Gasteiger partial charge in [-0.15, -0.1) is 0 Å². The van der Waals surface area contributed by atoms with Gasteiger partial charge in [-0.2, -0.15) is 4.72 Å². The summed E-state index contributed by atoms with van der Waals surface area (Å²) in [6.45, 7) is 0. The fraction of sp³-hybridized carbons (Fsp3) is 0.0952. The van der Waals surface area contributed by atoms with Crippen molar-refractivity contribution in [2.75, 3.05) is 5.32 Å². The molecule has 9 heteroatoms. The molecule has 1 amide bonds. The first-order chi connectivity index (χ1) is 14.2. The molecule has 0 saturated carbocycles. The zero-order valence-electron chi connectivity index (χ0n) is 15.5. The second-order valence-electron chi connectivity index (χ2n) is 6.44. The zero-order valence-corrected chi connectivity index (χ0v) is 18.6. The van der Waals surface area contributed by atoms with Crippen molar-refractivity contribution < 1.29 is 13.2 Å². The first-order valence-electron chi connectivity index (χ1n) is 8.82. The summed E-state index contributed by atoms with van der Waals surface area (Å²) in [6.07, 6.45) is 0.154. The van der Waals surface area contributed by atoms with Crippen LogP contribution in [0.4, 0.5) is 5.69 Å². The molecule has 0 heterocycles. The van der Waals surface area contributed by atoms with Crippen LogP contribution in [0.3, 0.4) is 0 Å². The summed E-state index contributed by atoms with van der Waals surface area (Å²) in [5, 5.41) is 3.71. The molecule has 0 spiro atoms. The van der Waals surface area contributed by atoms with Crippen LogP contribution in [0, 0.1) is 0 Å². The van der Waals surface area contributed by atoms with Crippen LogP contribution in [0.25, 0.3) is 0 Å². The van der Waals surface area contributed by atoms with E-state index in [1.807, 2.05) is 30.3 Å². The average molecular weight is 484 g/mol. The number of hydrogen-bond acceptors (Lipinski definition) is 3. The number of anilines is 1. The third-order valence-corrected chi connectivity index (χ3v) is 6.69. The van der Waals surface area contributed by atoms with Gasteiger partial charge in [-0.3, -0.25) is 4.79 Å². The van der Waals surface area contributed by atoms with Gasteiger partial charge in [0.2, 0.25) is 15.9 Å². The molecule has 0 unspecified atom stereocenters. The maximum atomic E-state index is 12.9. The molecule has 3 rings (SSSR count). The largest absolute Gasteiger partial charge is 0.325 e. The normalized spacial score (nSPS) is 12.4. The van der Waals surface area contributed by atoms with Gasteiger partial charge in [0.25, 0.3) is 0 Å². The van der Waals surface area contributed by atoms with Crippen LogP contribution >= 0.6 is 34.8 Å². The van der Waals surface area contributed by atoms with Crippen molar-refractivity contribution >= 4 is 56.4 Å². The number of nitrogens with one attached hydrogen (secondary N) is 2. The Balaban J connectivity index is 1.86. The van der Waals surface area contributed by atoms with Crippen molar-refractivity contribution in [2.24, 2.45) is 0 Å². The smallest absolute Gasteiger partial charge is 0.242 e. The molecule has 5 nitrogen and oxygen atoms in total. The number of rotatable bonds is 7. The van der Waals surface area contributed by atoms with Crippen molar-refractivity contribution in [1.29, 1.82) is 0 Å². The van der Waals surface area contributed by atoms with Gasteiger partial charge in [-0.1, -0.05) is 65.1 Å². The number of carbonyl (C=O) groups excluding carboxylic acids is 1. The molecule has 30 heavy (non-hydrogen) atoms. The molecular weight excluding hydrogens is 467 g/mol. The summed E-state index contributed by atoms with van der Waals surface area (Å²) in [6, 6.07) is 18.4. The van der Waals surface area contributed by atoms with Gasteiger partial charge >= 0.3 is 0 Å². The fourth-order valence-electron chi connectivity index (χ4n) is 2.71. The zero-order chi connectivity index (χ0) is 21.7. The molecule has 0 aliphatic carbocycles. The Morgan fingerprint density at radius 1 is 0.867 bits per heavy atom. The Labute approximate surface area is 190 Å². The summed E-state index contributed by atoms with van der Waals surface area (Å²) in [4.78, 5) is 12.9. The minimum atomic E-state index is -3.97. The Hall–Kier alpha value is -2.09. The van der Waals surface area contributed by atoms with E-state index in [1.54, 1.807) is 12.1 Å². The van der Waals surface area contributed by atoms with E-state index in [-0.39, 0.29) is 16.3 Å². The third kappa shape index (κ3) is 5.97. The number of halogens is 3. The molecule has 3 aromatic rings. The van der Waals surface area contributed by atoms with E-state index in [2.05, 4.69) is 10.0 Å². The highest BCUT2D eigenvalue weighted by atomic mass is 35.5.